The molecule has 0 aromatic heterocycles. The average Bonchev–Trinajstić information content (AvgIpc) is 3.48. The molecule has 0 radical (unpaired) electrons. The second kappa shape index (κ2) is 5.15. The van der Waals surface area contributed by atoms with E-state index in [4.69, 9.17) is 19.3 Å². The van der Waals surface area contributed by atoms with Gasteiger partial charge in [0.15, 0.2) is 11.5 Å². The highest BCUT2D eigenvalue weighted by atomic mass is 16.5. The van der Waals surface area contributed by atoms with E-state index in [1.165, 1.54) is 0 Å². The lowest BCUT2D eigenvalue weighted by Crippen LogP contribution is -2.08. The molecule has 128 valence electrons. The first-order valence-electron chi connectivity index (χ1n) is 8.59. The zero-order valence-corrected chi connectivity index (χ0v) is 13.8. The number of carboxylic acids is 1. The molecule has 5 rings (SSSR count). The van der Waals surface area contributed by atoms with E-state index in [0.29, 0.717) is 17.6 Å². The zero-order chi connectivity index (χ0) is 17.1. The Balaban J connectivity index is 1.38. The fourth-order valence-corrected chi connectivity index (χ4v) is 3.48. The van der Waals surface area contributed by atoms with Crippen LogP contribution >= 0.6 is 0 Å². The average molecular weight is 338 g/mol. The van der Waals surface area contributed by atoms with Crippen LogP contribution in [0.5, 0.6) is 23.0 Å². The van der Waals surface area contributed by atoms with Gasteiger partial charge in [-0.25, -0.2) is 0 Å². The number of hydrogen-bond acceptors (Lipinski definition) is 4. The minimum atomic E-state index is -0.789. The lowest BCUT2D eigenvalue weighted by molar-refractivity contribution is -0.139. The molecule has 5 heteroatoms. The Hall–Kier alpha value is -2.69. The highest BCUT2D eigenvalue weighted by molar-refractivity contribution is 5.79. The van der Waals surface area contributed by atoms with Crippen molar-refractivity contribution >= 4 is 5.97 Å². The molecule has 1 heterocycles. The number of hydrogen-bond donors (Lipinski definition) is 1. The zero-order valence-electron chi connectivity index (χ0n) is 13.8. The SMILES string of the molecule is Cc1ccc(Oc2ccc3c(c2)OC2C(C(=O)O)C32)c(OC2CC2)c1. The molecule has 0 spiro atoms. The quantitative estimate of drug-likeness (QED) is 0.896. The number of aliphatic carboxylic acids is 1. The summed E-state index contributed by atoms with van der Waals surface area (Å²) >= 11 is 0. The lowest BCUT2D eigenvalue weighted by atomic mass is 10.1. The van der Waals surface area contributed by atoms with Crippen molar-refractivity contribution in [3.63, 3.8) is 0 Å². The summed E-state index contributed by atoms with van der Waals surface area (Å²) in [5, 5.41) is 9.15. The predicted octanol–water partition coefficient (Wildman–Crippen LogP) is 3.89. The van der Waals surface area contributed by atoms with E-state index in [9.17, 15) is 4.79 Å². The standard InChI is InChI=1S/C20H18O5/c1-10-2-7-14(16(8-10)23-11-3-4-11)24-12-5-6-13-15(9-12)25-19-17(13)18(19)20(21)22/h2,5-9,11,17-19H,3-4H2,1H3,(H,21,22). The maximum absolute atomic E-state index is 11.1. The Kier molecular flexibility index (Phi) is 3.02. The van der Waals surface area contributed by atoms with E-state index in [-0.39, 0.29) is 12.0 Å². The Bertz CT molecular complexity index is 870. The molecule has 2 aromatic carbocycles. The maximum atomic E-state index is 11.1. The molecule has 0 amide bonds. The third-order valence-electron chi connectivity index (χ3n) is 4.99. The lowest BCUT2D eigenvalue weighted by Gasteiger charge is -2.14. The molecule has 1 N–H and O–H groups in total. The van der Waals surface area contributed by atoms with Crippen LogP contribution in [0.2, 0.25) is 0 Å². The van der Waals surface area contributed by atoms with Crippen LogP contribution in [0.3, 0.4) is 0 Å². The molecule has 5 nitrogen and oxygen atoms in total. The van der Waals surface area contributed by atoms with Crippen molar-refractivity contribution in [2.75, 3.05) is 0 Å². The summed E-state index contributed by atoms with van der Waals surface area (Å²) < 4.78 is 17.7. The highest BCUT2D eigenvalue weighted by Crippen LogP contribution is 2.59. The molecule has 2 fully saturated rings. The van der Waals surface area contributed by atoms with Crippen LogP contribution < -0.4 is 14.2 Å². The van der Waals surface area contributed by atoms with E-state index in [0.717, 1.165) is 35.5 Å². The Morgan fingerprint density at radius 3 is 2.76 bits per heavy atom. The molecule has 3 atom stereocenters. The van der Waals surface area contributed by atoms with Crippen molar-refractivity contribution in [1.29, 1.82) is 0 Å². The first kappa shape index (κ1) is 14.6. The molecule has 2 aliphatic carbocycles. The first-order valence-corrected chi connectivity index (χ1v) is 8.59. The summed E-state index contributed by atoms with van der Waals surface area (Å²) in [6.07, 6.45) is 2.25. The number of ether oxygens (including phenoxy) is 3. The maximum Gasteiger partial charge on any atom is 0.311 e. The Labute approximate surface area is 145 Å². The van der Waals surface area contributed by atoms with E-state index in [2.05, 4.69) is 0 Å². The van der Waals surface area contributed by atoms with Crippen molar-refractivity contribution in [3.8, 4) is 23.0 Å². The monoisotopic (exact) mass is 338 g/mol. The van der Waals surface area contributed by atoms with Gasteiger partial charge >= 0.3 is 5.97 Å². The predicted molar refractivity (Wildman–Crippen MR) is 89.6 cm³/mol. The van der Waals surface area contributed by atoms with Crippen LogP contribution in [0.25, 0.3) is 0 Å². The normalized spacial score (nSPS) is 25.6. The minimum Gasteiger partial charge on any atom is -0.488 e. The molecule has 0 bridgehead atoms. The molecule has 2 saturated carbocycles. The Morgan fingerprint density at radius 2 is 2.00 bits per heavy atom. The van der Waals surface area contributed by atoms with Crippen LogP contribution in [0.4, 0.5) is 0 Å². The van der Waals surface area contributed by atoms with Gasteiger partial charge < -0.3 is 19.3 Å². The fraction of sp³-hybridized carbons (Fsp3) is 0.350. The number of aryl methyl sites for hydroxylation is 1. The molecule has 0 saturated heterocycles. The van der Waals surface area contributed by atoms with Crippen LogP contribution in [0.1, 0.15) is 29.9 Å². The largest absolute Gasteiger partial charge is 0.488 e. The van der Waals surface area contributed by atoms with Gasteiger partial charge in [-0.15, -0.1) is 0 Å². The van der Waals surface area contributed by atoms with Gasteiger partial charge in [0.2, 0.25) is 0 Å². The molecule has 3 aliphatic rings. The molecule has 2 aromatic rings. The second-order valence-electron chi connectivity index (χ2n) is 7.04. The topological polar surface area (TPSA) is 65.0 Å². The van der Waals surface area contributed by atoms with Crippen LogP contribution in [0, 0.1) is 12.8 Å². The number of rotatable bonds is 5. The molecular weight excluding hydrogens is 320 g/mol. The third-order valence-corrected chi connectivity index (χ3v) is 4.99. The molecule has 1 aliphatic heterocycles. The van der Waals surface area contributed by atoms with Crippen molar-refractivity contribution in [2.45, 2.75) is 37.9 Å². The number of benzene rings is 2. The number of carboxylic acid groups (broad SMARTS) is 1. The van der Waals surface area contributed by atoms with Gasteiger partial charge in [-0.2, -0.15) is 0 Å². The summed E-state index contributed by atoms with van der Waals surface area (Å²) in [4.78, 5) is 11.1. The van der Waals surface area contributed by atoms with E-state index < -0.39 is 11.9 Å². The third kappa shape index (κ3) is 2.51. The minimum absolute atomic E-state index is 0.0188. The van der Waals surface area contributed by atoms with Crippen LogP contribution in [-0.2, 0) is 4.79 Å². The molecular formula is C20H18O5. The van der Waals surface area contributed by atoms with Gasteiger partial charge in [0.1, 0.15) is 23.5 Å². The van der Waals surface area contributed by atoms with Crippen molar-refractivity contribution in [1.82, 2.24) is 0 Å². The van der Waals surface area contributed by atoms with Gasteiger partial charge in [-0.3, -0.25) is 4.79 Å². The van der Waals surface area contributed by atoms with Crippen LogP contribution in [-0.4, -0.2) is 23.3 Å². The number of carbonyl (C=O) groups is 1. The van der Waals surface area contributed by atoms with Gasteiger partial charge in [-0.05, 0) is 43.5 Å². The summed E-state index contributed by atoms with van der Waals surface area (Å²) in [6, 6.07) is 11.5. The van der Waals surface area contributed by atoms with Gasteiger partial charge in [0.25, 0.3) is 0 Å². The fourth-order valence-electron chi connectivity index (χ4n) is 3.48. The second-order valence-corrected chi connectivity index (χ2v) is 7.04. The summed E-state index contributed by atoms with van der Waals surface area (Å²) in [7, 11) is 0. The Morgan fingerprint density at radius 1 is 1.16 bits per heavy atom. The van der Waals surface area contributed by atoms with Crippen molar-refractivity contribution < 1.29 is 24.1 Å². The smallest absolute Gasteiger partial charge is 0.311 e. The van der Waals surface area contributed by atoms with E-state index >= 15 is 0 Å². The first-order chi connectivity index (χ1) is 12.1. The summed E-state index contributed by atoms with van der Waals surface area (Å²) in [6.45, 7) is 2.03. The van der Waals surface area contributed by atoms with Gasteiger partial charge in [-0.1, -0.05) is 12.1 Å². The van der Waals surface area contributed by atoms with Crippen LogP contribution in [0.15, 0.2) is 36.4 Å². The summed E-state index contributed by atoms with van der Waals surface area (Å²) in [5.74, 6) is 1.62. The van der Waals surface area contributed by atoms with Crippen molar-refractivity contribution in [3.05, 3.63) is 47.5 Å². The van der Waals surface area contributed by atoms with Crippen molar-refractivity contribution in [2.24, 2.45) is 5.92 Å². The highest BCUT2D eigenvalue weighted by Gasteiger charge is 2.63. The van der Waals surface area contributed by atoms with E-state index in [1.54, 1.807) is 0 Å². The number of fused-ring (bicyclic) bond motifs is 3. The van der Waals surface area contributed by atoms with E-state index in [1.807, 2.05) is 43.3 Å². The molecule has 3 unspecified atom stereocenters. The molecule has 25 heavy (non-hydrogen) atoms. The summed E-state index contributed by atoms with van der Waals surface area (Å²) in [5.41, 5.74) is 2.09. The van der Waals surface area contributed by atoms with Gasteiger partial charge in [0.05, 0.1) is 6.10 Å². The van der Waals surface area contributed by atoms with Gasteiger partial charge in [0, 0.05) is 17.5 Å².